The van der Waals surface area contributed by atoms with Crippen molar-refractivity contribution in [2.24, 2.45) is 0 Å². The van der Waals surface area contributed by atoms with Crippen LogP contribution in [0.3, 0.4) is 0 Å². The third kappa shape index (κ3) is 3.35. The fourth-order valence-corrected chi connectivity index (χ4v) is 3.21. The molecule has 0 radical (unpaired) electrons. The van der Waals surface area contributed by atoms with E-state index in [1.807, 2.05) is 6.07 Å². The first-order chi connectivity index (χ1) is 12.6. The number of pyridine rings is 1. The zero-order valence-corrected chi connectivity index (χ0v) is 15.3. The summed E-state index contributed by atoms with van der Waals surface area (Å²) in [7, 11) is 3.42. The van der Waals surface area contributed by atoms with Crippen LogP contribution in [-0.2, 0) is 9.47 Å². The average Bonchev–Trinajstić information content (AvgIpc) is 2.67. The highest BCUT2D eigenvalue weighted by Gasteiger charge is 2.25. The Balaban J connectivity index is 2.19. The number of piperazine rings is 1. The lowest BCUT2D eigenvalue weighted by molar-refractivity contribution is 0.0526. The maximum absolute atomic E-state index is 12.5. The average molecular weight is 357 g/mol. The van der Waals surface area contributed by atoms with E-state index in [1.165, 1.54) is 13.3 Å². The number of fused-ring (bicyclic) bond motifs is 1. The van der Waals surface area contributed by atoms with E-state index in [0.29, 0.717) is 23.3 Å². The number of ether oxygens (including phenoxy) is 2. The molecule has 1 aliphatic heterocycles. The van der Waals surface area contributed by atoms with E-state index in [-0.39, 0.29) is 0 Å². The Hall–Kier alpha value is -2.67. The lowest BCUT2D eigenvalue weighted by Crippen LogP contribution is -2.45. The van der Waals surface area contributed by atoms with Gasteiger partial charge in [-0.1, -0.05) is 12.1 Å². The van der Waals surface area contributed by atoms with Crippen molar-refractivity contribution in [3.63, 3.8) is 0 Å². The molecule has 1 saturated heterocycles. The molecule has 1 aliphatic rings. The molecule has 2 aromatic rings. The van der Waals surface area contributed by atoms with Gasteiger partial charge in [0.2, 0.25) is 0 Å². The van der Waals surface area contributed by atoms with Gasteiger partial charge < -0.3 is 19.3 Å². The Labute approximate surface area is 152 Å². The van der Waals surface area contributed by atoms with Crippen molar-refractivity contribution in [2.45, 2.75) is 6.92 Å². The molecule has 0 amide bonds. The maximum Gasteiger partial charge on any atom is 0.341 e. The minimum atomic E-state index is -0.448. The molecular weight excluding hydrogens is 334 g/mol. The second-order valence-corrected chi connectivity index (χ2v) is 6.22. The second-order valence-electron chi connectivity index (χ2n) is 6.22. The number of esters is 2. The fraction of sp³-hybridized carbons (Fsp3) is 0.421. The number of hydrogen-bond acceptors (Lipinski definition) is 7. The SMILES string of the molecule is CCOC(=O)c1cnc2c(C(=O)OC)cccc2c1N1CCN(C)CC1. The van der Waals surface area contributed by atoms with Crippen LogP contribution in [0, 0.1) is 0 Å². The summed E-state index contributed by atoms with van der Waals surface area (Å²) in [4.78, 5) is 33.4. The van der Waals surface area contributed by atoms with E-state index in [0.717, 1.165) is 37.3 Å². The van der Waals surface area contributed by atoms with E-state index in [1.54, 1.807) is 19.1 Å². The quantitative estimate of drug-likeness (QED) is 0.775. The smallest absolute Gasteiger partial charge is 0.341 e. The van der Waals surface area contributed by atoms with Crippen LogP contribution in [-0.4, -0.2) is 68.8 Å². The zero-order chi connectivity index (χ0) is 18.7. The lowest BCUT2D eigenvalue weighted by atomic mass is 10.0. The molecule has 0 saturated carbocycles. The molecule has 0 N–H and O–H groups in total. The van der Waals surface area contributed by atoms with E-state index >= 15 is 0 Å². The molecule has 0 bridgehead atoms. The molecule has 7 nitrogen and oxygen atoms in total. The molecule has 26 heavy (non-hydrogen) atoms. The van der Waals surface area contributed by atoms with E-state index in [4.69, 9.17) is 9.47 Å². The summed E-state index contributed by atoms with van der Waals surface area (Å²) in [6.07, 6.45) is 1.50. The standard InChI is InChI=1S/C19H23N3O4/c1-4-26-19(24)15-12-20-16-13(6-5-7-14(16)18(23)25-3)17(15)22-10-8-21(2)9-11-22/h5-7,12H,4,8-11H2,1-3H3. The number of carbonyl (C=O) groups excluding carboxylic acids is 2. The minimum Gasteiger partial charge on any atom is -0.465 e. The van der Waals surface area contributed by atoms with E-state index in [2.05, 4.69) is 21.8 Å². The summed E-state index contributed by atoms with van der Waals surface area (Å²) in [5, 5.41) is 0.753. The van der Waals surface area contributed by atoms with Gasteiger partial charge in [0.15, 0.2) is 0 Å². The van der Waals surface area contributed by atoms with Crippen molar-refractivity contribution in [1.29, 1.82) is 0 Å². The second kappa shape index (κ2) is 7.70. The van der Waals surface area contributed by atoms with Crippen LogP contribution in [0.5, 0.6) is 0 Å². The van der Waals surface area contributed by atoms with Gasteiger partial charge in [-0.2, -0.15) is 0 Å². The van der Waals surface area contributed by atoms with E-state index in [9.17, 15) is 9.59 Å². The Bertz CT molecular complexity index is 829. The molecule has 138 valence electrons. The monoisotopic (exact) mass is 357 g/mol. The van der Waals surface area contributed by atoms with Gasteiger partial charge in [-0.3, -0.25) is 4.98 Å². The molecule has 0 unspecified atom stereocenters. The molecule has 7 heteroatoms. The first kappa shape index (κ1) is 18.1. The number of para-hydroxylation sites is 1. The number of hydrogen-bond donors (Lipinski definition) is 0. The van der Waals surface area contributed by atoms with Crippen LogP contribution in [0.25, 0.3) is 10.9 Å². The molecule has 1 aromatic heterocycles. The molecule has 2 heterocycles. The van der Waals surface area contributed by atoms with Gasteiger partial charge in [-0.25, -0.2) is 9.59 Å². The molecule has 0 spiro atoms. The normalized spacial score (nSPS) is 15.1. The molecule has 1 aromatic carbocycles. The summed E-state index contributed by atoms with van der Waals surface area (Å²) in [5.41, 5.74) is 2.11. The minimum absolute atomic E-state index is 0.293. The maximum atomic E-state index is 12.5. The molecule has 0 aliphatic carbocycles. The summed E-state index contributed by atoms with van der Waals surface area (Å²) in [5.74, 6) is -0.851. The van der Waals surface area contributed by atoms with Gasteiger partial charge in [-0.15, -0.1) is 0 Å². The third-order valence-electron chi connectivity index (χ3n) is 4.59. The molecule has 0 atom stereocenters. The summed E-state index contributed by atoms with van der Waals surface area (Å²) in [6, 6.07) is 5.34. The number of methoxy groups -OCH3 is 1. The van der Waals surface area contributed by atoms with Gasteiger partial charge in [0.25, 0.3) is 0 Å². The summed E-state index contributed by atoms with van der Waals surface area (Å²) < 4.78 is 10.1. The van der Waals surface area contributed by atoms with Crippen molar-refractivity contribution in [3.05, 3.63) is 35.5 Å². The molecular formula is C19H23N3O4. The highest BCUT2D eigenvalue weighted by Crippen LogP contribution is 2.32. The van der Waals surface area contributed by atoms with Crippen LogP contribution in [0.1, 0.15) is 27.6 Å². The Morgan fingerprint density at radius 1 is 1.12 bits per heavy atom. The van der Waals surface area contributed by atoms with Crippen LogP contribution >= 0.6 is 0 Å². The number of aromatic nitrogens is 1. The number of rotatable bonds is 4. The number of nitrogens with zero attached hydrogens (tertiary/aromatic N) is 3. The van der Waals surface area contributed by atoms with Crippen molar-refractivity contribution in [2.75, 3.05) is 51.8 Å². The zero-order valence-electron chi connectivity index (χ0n) is 15.3. The largest absolute Gasteiger partial charge is 0.465 e. The third-order valence-corrected chi connectivity index (χ3v) is 4.59. The van der Waals surface area contributed by atoms with Crippen molar-refractivity contribution in [1.82, 2.24) is 9.88 Å². The van der Waals surface area contributed by atoms with Gasteiger partial charge in [0.1, 0.15) is 5.56 Å². The Morgan fingerprint density at radius 3 is 2.50 bits per heavy atom. The van der Waals surface area contributed by atoms with Crippen LogP contribution in [0.15, 0.2) is 24.4 Å². The van der Waals surface area contributed by atoms with E-state index < -0.39 is 11.9 Å². The number of carbonyl (C=O) groups is 2. The highest BCUT2D eigenvalue weighted by atomic mass is 16.5. The van der Waals surface area contributed by atoms with Gasteiger partial charge >= 0.3 is 11.9 Å². The van der Waals surface area contributed by atoms with Gasteiger partial charge in [0, 0.05) is 37.8 Å². The van der Waals surface area contributed by atoms with Gasteiger partial charge in [-0.05, 0) is 20.0 Å². The predicted octanol–water partition coefficient (Wildman–Crippen LogP) is 1.95. The highest BCUT2D eigenvalue weighted by molar-refractivity contribution is 6.10. The van der Waals surface area contributed by atoms with Crippen molar-refractivity contribution in [3.8, 4) is 0 Å². The van der Waals surface area contributed by atoms with Crippen LogP contribution in [0.4, 0.5) is 5.69 Å². The number of likely N-dealkylation sites (N-methyl/N-ethyl adjacent to an activating group) is 1. The lowest BCUT2D eigenvalue weighted by Gasteiger charge is -2.35. The first-order valence-electron chi connectivity index (χ1n) is 8.67. The number of benzene rings is 1. The summed E-state index contributed by atoms with van der Waals surface area (Å²) >= 11 is 0. The van der Waals surface area contributed by atoms with Crippen molar-refractivity contribution < 1.29 is 19.1 Å². The topological polar surface area (TPSA) is 72.0 Å². The predicted molar refractivity (Wildman–Crippen MR) is 98.7 cm³/mol. The van der Waals surface area contributed by atoms with Crippen molar-refractivity contribution >= 4 is 28.5 Å². The van der Waals surface area contributed by atoms with Crippen LogP contribution in [0.2, 0.25) is 0 Å². The summed E-state index contributed by atoms with van der Waals surface area (Å²) in [6.45, 7) is 5.42. The van der Waals surface area contributed by atoms with Gasteiger partial charge in [0.05, 0.1) is 30.5 Å². The fourth-order valence-electron chi connectivity index (χ4n) is 3.21. The Kier molecular flexibility index (Phi) is 5.37. The number of anilines is 1. The molecule has 1 fully saturated rings. The first-order valence-corrected chi connectivity index (χ1v) is 8.67. The van der Waals surface area contributed by atoms with Crippen LogP contribution < -0.4 is 4.90 Å². The molecule has 3 rings (SSSR count). The Morgan fingerprint density at radius 2 is 1.85 bits per heavy atom.